The summed E-state index contributed by atoms with van der Waals surface area (Å²) in [6.45, 7) is 0. The van der Waals surface area contributed by atoms with E-state index in [-0.39, 0.29) is 5.82 Å². The lowest BCUT2D eigenvalue weighted by atomic mass is 9.57. The van der Waals surface area contributed by atoms with Gasteiger partial charge in [0.1, 0.15) is 5.82 Å². The first-order chi connectivity index (χ1) is 8.28. The molecule has 1 aromatic rings. The zero-order valence-corrected chi connectivity index (χ0v) is 10.2. The third-order valence-electron chi connectivity index (χ3n) is 4.70. The second-order valence-corrected chi connectivity index (χ2v) is 5.67. The van der Waals surface area contributed by atoms with Gasteiger partial charge in [0.25, 0.3) is 0 Å². The molecule has 0 aromatic heterocycles. The Kier molecular flexibility index (Phi) is 2.81. The molecule has 1 unspecified atom stereocenters. The molecular formula is C15H20FN. The van der Waals surface area contributed by atoms with Crippen LogP contribution in [0.25, 0.3) is 0 Å². The number of benzene rings is 1. The van der Waals surface area contributed by atoms with Gasteiger partial charge in [0, 0.05) is 11.7 Å². The molecule has 17 heavy (non-hydrogen) atoms. The van der Waals surface area contributed by atoms with Gasteiger partial charge >= 0.3 is 0 Å². The lowest BCUT2D eigenvalue weighted by molar-refractivity contribution is 0.0571. The highest BCUT2D eigenvalue weighted by atomic mass is 19.1. The van der Waals surface area contributed by atoms with Crippen molar-refractivity contribution in [3.05, 3.63) is 30.1 Å². The summed E-state index contributed by atoms with van der Waals surface area (Å²) in [7, 11) is 0. The summed E-state index contributed by atoms with van der Waals surface area (Å²) in [5.41, 5.74) is 1.63. The fraction of sp³-hybridized carbons (Fsp3) is 0.600. The van der Waals surface area contributed by atoms with Crippen LogP contribution in [0.2, 0.25) is 0 Å². The number of nitrogens with one attached hydrogen (secondary N) is 1. The highest BCUT2D eigenvalue weighted by Crippen LogP contribution is 2.52. The molecule has 2 aliphatic carbocycles. The normalized spacial score (nSPS) is 26.5. The molecule has 0 bridgehead atoms. The van der Waals surface area contributed by atoms with Gasteiger partial charge in [-0.25, -0.2) is 4.39 Å². The molecule has 0 aliphatic heterocycles. The van der Waals surface area contributed by atoms with Crippen LogP contribution in [-0.2, 0) is 0 Å². The number of anilines is 1. The number of halogens is 1. The minimum Gasteiger partial charge on any atom is -0.382 e. The highest BCUT2D eigenvalue weighted by molar-refractivity contribution is 5.45. The smallest absolute Gasteiger partial charge is 0.123 e. The van der Waals surface area contributed by atoms with Crippen LogP contribution in [0.5, 0.6) is 0 Å². The topological polar surface area (TPSA) is 12.0 Å². The van der Waals surface area contributed by atoms with Gasteiger partial charge in [-0.15, -0.1) is 0 Å². The second-order valence-electron chi connectivity index (χ2n) is 5.67. The summed E-state index contributed by atoms with van der Waals surface area (Å²) in [5, 5.41) is 3.60. The molecule has 92 valence electrons. The summed E-state index contributed by atoms with van der Waals surface area (Å²) in [5.74, 6) is -0.156. The summed E-state index contributed by atoms with van der Waals surface area (Å²) in [4.78, 5) is 0. The van der Waals surface area contributed by atoms with Gasteiger partial charge in [-0.3, -0.25) is 0 Å². The summed E-state index contributed by atoms with van der Waals surface area (Å²) < 4.78 is 12.8. The first kappa shape index (κ1) is 11.1. The molecule has 1 N–H and O–H groups in total. The van der Waals surface area contributed by atoms with Crippen molar-refractivity contribution in [2.24, 2.45) is 5.41 Å². The summed E-state index contributed by atoms with van der Waals surface area (Å²) in [6.07, 6.45) is 9.61. The van der Waals surface area contributed by atoms with E-state index in [1.807, 2.05) is 12.1 Å². The van der Waals surface area contributed by atoms with Crippen LogP contribution < -0.4 is 5.32 Å². The van der Waals surface area contributed by atoms with Crippen molar-refractivity contribution in [2.75, 3.05) is 5.32 Å². The third-order valence-corrected chi connectivity index (χ3v) is 4.70. The SMILES string of the molecule is Fc1ccc(NC2CCC23CCCCC3)cc1. The van der Waals surface area contributed by atoms with Crippen LogP contribution in [0.3, 0.4) is 0 Å². The van der Waals surface area contributed by atoms with Crippen LogP contribution in [0.1, 0.15) is 44.9 Å². The van der Waals surface area contributed by atoms with Crippen LogP contribution in [0, 0.1) is 11.2 Å². The molecule has 3 rings (SSSR count). The predicted molar refractivity (Wildman–Crippen MR) is 68.6 cm³/mol. The van der Waals surface area contributed by atoms with E-state index >= 15 is 0 Å². The fourth-order valence-electron chi connectivity index (χ4n) is 3.52. The zero-order chi connectivity index (χ0) is 11.7. The first-order valence-corrected chi connectivity index (χ1v) is 6.81. The minimum absolute atomic E-state index is 0.156. The molecular weight excluding hydrogens is 213 g/mol. The first-order valence-electron chi connectivity index (χ1n) is 6.81. The van der Waals surface area contributed by atoms with E-state index in [2.05, 4.69) is 5.32 Å². The van der Waals surface area contributed by atoms with Crippen molar-refractivity contribution in [3.8, 4) is 0 Å². The van der Waals surface area contributed by atoms with Crippen molar-refractivity contribution < 1.29 is 4.39 Å². The van der Waals surface area contributed by atoms with Crippen molar-refractivity contribution in [2.45, 2.75) is 51.0 Å². The minimum atomic E-state index is -0.156. The monoisotopic (exact) mass is 233 g/mol. The lowest BCUT2D eigenvalue weighted by Gasteiger charge is -2.52. The Bertz CT molecular complexity index is 378. The van der Waals surface area contributed by atoms with Crippen LogP contribution in [0.15, 0.2) is 24.3 Å². The molecule has 1 spiro atoms. The van der Waals surface area contributed by atoms with Crippen LogP contribution >= 0.6 is 0 Å². The van der Waals surface area contributed by atoms with Crippen molar-refractivity contribution in [1.29, 1.82) is 0 Å². The molecule has 0 saturated heterocycles. The molecule has 2 aliphatic rings. The van der Waals surface area contributed by atoms with E-state index in [4.69, 9.17) is 0 Å². The predicted octanol–water partition coefficient (Wildman–Crippen LogP) is 4.35. The van der Waals surface area contributed by atoms with Crippen molar-refractivity contribution in [1.82, 2.24) is 0 Å². The molecule has 1 nitrogen and oxygen atoms in total. The van der Waals surface area contributed by atoms with Gasteiger partial charge < -0.3 is 5.32 Å². The Morgan fingerprint density at radius 2 is 1.71 bits per heavy atom. The molecule has 0 radical (unpaired) electrons. The molecule has 1 atom stereocenters. The molecule has 1 aromatic carbocycles. The van der Waals surface area contributed by atoms with Gasteiger partial charge in [-0.1, -0.05) is 19.3 Å². The molecule has 2 fully saturated rings. The van der Waals surface area contributed by atoms with E-state index < -0.39 is 0 Å². The summed E-state index contributed by atoms with van der Waals surface area (Å²) >= 11 is 0. The maximum Gasteiger partial charge on any atom is 0.123 e. The third kappa shape index (κ3) is 2.05. The van der Waals surface area contributed by atoms with Crippen molar-refractivity contribution >= 4 is 5.69 Å². The quantitative estimate of drug-likeness (QED) is 0.800. The van der Waals surface area contributed by atoms with Crippen LogP contribution in [0.4, 0.5) is 10.1 Å². The standard InChI is InChI=1S/C15H20FN/c16-12-4-6-13(7-5-12)17-14-8-11-15(14)9-2-1-3-10-15/h4-7,14,17H,1-3,8-11H2. The maximum atomic E-state index is 12.8. The van der Waals surface area contributed by atoms with Gasteiger partial charge in [0.05, 0.1) is 0 Å². The van der Waals surface area contributed by atoms with E-state index in [1.165, 1.54) is 57.1 Å². The van der Waals surface area contributed by atoms with E-state index in [0.29, 0.717) is 11.5 Å². The largest absolute Gasteiger partial charge is 0.382 e. The maximum absolute atomic E-state index is 12.8. The van der Waals surface area contributed by atoms with Gasteiger partial charge in [-0.05, 0) is 55.4 Å². The molecule has 2 heteroatoms. The van der Waals surface area contributed by atoms with Gasteiger partial charge in [0.2, 0.25) is 0 Å². The van der Waals surface area contributed by atoms with Gasteiger partial charge in [-0.2, -0.15) is 0 Å². The Labute approximate surface area is 102 Å². The number of hydrogen-bond donors (Lipinski definition) is 1. The van der Waals surface area contributed by atoms with Crippen LogP contribution in [-0.4, -0.2) is 6.04 Å². The Morgan fingerprint density at radius 3 is 2.29 bits per heavy atom. The summed E-state index contributed by atoms with van der Waals surface area (Å²) in [6, 6.07) is 7.39. The average molecular weight is 233 g/mol. The zero-order valence-electron chi connectivity index (χ0n) is 10.2. The Morgan fingerprint density at radius 1 is 1.00 bits per heavy atom. The molecule has 0 amide bonds. The molecule has 2 saturated carbocycles. The molecule has 0 heterocycles. The van der Waals surface area contributed by atoms with Gasteiger partial charge in [0.15, 0.2) is 0 Å². The van der Waals surface area contributed by atoms with E-state index in [0.717, 1.165) is 5.69 Å². The Hall–Kier alpha value is -1.05. The van der Waals surface area contributed by atoms with E-state index in [1.54, 1.807) is 0 Å². The Balaban J connectivity index is 1.67. The van der Waals surface area contributed by atoms with E-state index in [9.17, 15) is 4.39 Å². The second kappa shape index (κ2) is 4.32. The number of rotatable bonds is 2. The number of hydrogen-bond acceptors (Lipinski definition) is 1. The fourth-order valence-corrected chi connectivity index (χ4v) is 3.52. The highest BCUT2D eigenvalue weighted by Gasteiger charge is 2.46. The lowest BCUT2D eigenvalue weighted by Crippen LogP contribution is -2.50. The average Bonchev–Trinajstić information content (AvgIpc) is 2.38. The van der Waals surface area contributed by atoms with Crippen molar-refractivity contribution in [3.63, 3.8) is 0 Å².